The van der Waals surface area contributed by atoms with Gasteiger partial charge in [-0.15, -0.1) is 0 Å². The van der Waals surface area contributed by atoms with Crippen molar-refractivity contribution in [3.05, 3.63) is 71.7 Å². The van der Waals surface area contributed by atoms with E-state index in [4.69, 9.17) is 0 Å². The first kappa shape index (κ1) is 24.6. The van der Waals surface area contributed by atoms with Crippen LogP contribution in [0.3, 0.4) is 0 Å². The molecule has 0 spiro atoms. The van der Waals surface area contributed by atoms with Gasteiger partial charge in [-0.25, -0.2) is 15.0 Å². The van der Waals surface area contributed by atoms with E-state index in [0.717, 1.165) is 24.5 Å². The maximum atomic E-state index is 13.1. The molecule has 0 saturated carbocycles. The normalized spacial score (nSPS) is 15.0. The minimum absolute atomic E-state index is 0.0956. The standard InChI is InChI=1S/C27H35N7O/c1-27(2,20-12-16-34(4)17-13-20)19-7-9-21(10-8-19)32-25(35)23-6-5-14-29-24(23)31-18-22-11-15-30-26(28-3)33-22/h5-11,14-15,20H,12-13,16-18H2,1-4H3,(H,29,31)(H,32,35)(H,28,30,33). The van der Waals surface area contributed by atoms with Crippen LogP contribution >= 0.6 is 0 Å². The van der Waals surface area contributed by atoms with E-state index >= 15 is 0 Å². The Hall–Kier alpha value is -3.52. The lowest BCUT2D eigenvalue weighted by atomic mass is 9.69. The second-order valence-corrected chi connectivity index (χ2v) is 9.71. The molecule has 0 aliphatic carbocycles. The quantitative estimate of drug-likeness (QED) is 0.446. The van der Waals surface area contributed by atoms with Gasteiger partial charge in [-0.05, 0) is 80.2 Å². The zero-order valence-electron chi connectivity index (χ0n) is 21.0. The van der Waals surface area contributed by atoms with E-state index < -0.39 is 0 Å². The van der Waals surface area contributed by atoms with E-state index in [-0.39, 0.29) is 11.3 Å². The number of likely N-dealkylation sites (tertiary alicyclic amines) is 1. The highest BCUT2D eigenvalue weighted by atomic mass is 16.1. The van der Waals surface area contributed by atoms with Crippen LogP contribution in [0, 0.1) is 5.92 Å². The predicted octanol–water partition coefficient (Wildman–Crippen LogP) is 4.40. The third kappa shape index (κ3) is 5.95. The summed E-state index contributed by atoms with van der Waals surface area (Å²) in [5.41, 5.74) is 3.44. The summed E-state index contributed by atoms with van der Waals surface area (Å²) < 4.78 is 0. The van der Waals surface area contributed by atoms with Crippen LogP contribution in [0.1, 0.15) is 48.3 Å². The number of anilines is 3. The number of aromatic nitrogens is 3. The molecule has 1 saturated heterocycles. The Labute approximate surface area is 207 Å². The molecule has 8 nitrogen and oxygen atoms in total. The number of nitrogens with zero attached hydrogens (tertiary/aromatic N) is 4. The second-order valence-electron chi connectivity index (χ2n) is 9.71. The molecule has 1 amide bonds. The Bertz CT molecular complexity index is 1140. The van der Waals surface area contributed by atoms with Crippen molar-refractivity contribution >= 4 is 23.4 Å². The fraction of sp³-hybridized carbons (Fsp3) is 0.407. The molecule has 184 valence electrons. The van der Waals surface area contributed by atoms with Crippen LogP contribution in [0.4, 0.5) is 17.5 Å². The van der Waals surface area contributed by atoms with Gasteiger partial charge in [0.25, 0.3) is 5.91 Å². The first-order valence-corrected chi connectivity index (χ1v) is 12.2. The van der Waals surface area contributed by atoms with Crippen molar-refractivity contribution in [2.45, 2.75) is 38.6 Å². The van der Waals surface area contributed by atoms with Crippen LogP contribution in [0.15, 0.2) is 54.9 Å². The van der Waals surface area contributed by atoms with Gasteiger partial charge < -0.3 is 20.9 Å². The maximum absolute atomic E-state index is 13.1. The summed E-state index contributed by atoms with van der Waals surface area (Å²) in [6, 6.07) is 13.6. The Morgan fingerprint density at radius 2 is 1.80 bits per heavy atom. The molecule has 0 radical (unpaired) electrons. The van der Waals surface area contributed by atoms with Crippen molar-refractivity contribution in [2.24, 2.45) is 5.92 Å². The molecule has 35 heavy (non-hydrogen) atoms. The summed E-state index contributed by atoms with van der Waals surface area (Å²) >= 11 is 0. The molecule has 3 heterocycles. The Morgan fingerprint density at radius 1 is 1.06 bits per heavy atom. The van der Waals surface area contributed by atoms with Gasteiger partial charge in [0.15, 0.2) is 0 Å². The number of hydrogen-bond donors (Lipinski definition) is 3. The molecule has 0 bridgehead atoms. The van der Waals surface area contributed by atoms with Gasteiger partial charge in [-0.2, -0.15) is 0 Å². The molecule has 1 aliphatic heterocycles. The highest BCUT2D eigenvalue weighted by Gasteiger charge is 2.33. The van der Waals surface area contributed by atoms with E-state index in [1.807, 2.05) is 18.2 Å². The van der Waals surface area contributed by atoms with E-state index in [2.05, 4.69) is 68.8 Å². The number of rotatable bonds is 8. The number of carbonyl (C=O) groups excluding carboxylic acids is 1. The summed E-state index contributed by atoms with van der Waals surface area (Å²) in [5.74, 6) is 1.50. The van der Waals surface area contributed by atoms with Crippen LogP contribution < -0.4 is 16.0 Å². The largest absolute Gasteiger partial charge is 0.364 e. The third-order valence-corrected chi connectivity index (χ3v) is 7.05. The summed E-state index contributed by atoms with van der Waals surface area (Å²) in [4.78, 5) is 28.4. The van der Waals surface area contributed by atoms with Gasteiger partial charge in [0.2, 0.25) is 5.95 Å². The van der Waals surface area contributed by atoms with Crippen LogP contribution in [-0.2, 0) is 12.0 Å². The zero-order valence-corrected chi connectivity index (χ0v) is 21.0. The first-order valence-electron chi connectivity index (χ1n) is 12.2. The Kier molecular flexibility index (Phi) is 7.60. The fourth-order valence-corrected chi connectivity index (χ4v) is 4.67. The summed E-state index contributed by atoms with van der Waals surface area (Å²) in [6.07, 6.45) is 5.78. The monoisotopic (exact) mass is 473 g/mol. The molecule has 2 aromatic heterocycles. The number of hydrogen-bond acceptors (Lipinski definition) is 7. The van der Waals surface area contributed by atoms with Gasteiger partial charge in [-0.3, -0.25) is 4.79 Å². The van der Waals surface area contributed by atoms with Crippen molar-refractivity contribution in [3.8, 4) is 0 Å². The third-order valence-electron chi connectivity index (χ3n) is 7.05. The molecule has 1 fully saturated rings. The number of benzene rings is 1. The highest BCUT2D eigenvalue weighted by Crippen LogP contribution is 2.38. The topological polar surface area (TPSA) is 95.1 Å². The molecule has 1 aromatic carbocycles. The van der Waals surface area contributed by atoms with E-state index in [0.29, 0.717) is 29.8 Å². The van der Waals surface area contributed by atoms with Gasteiger partial charge in [-0.1, -0.05) is 26.0 Å². The molecule has 3 aromatic rings. The first-order chi connectivity index (χ1) is 16.9. The minimum Gasteiger partial charge on any atom is -0.364 e. The number of piperidine rings is 1. The highest BCUT2D eigenvalue weighted by molar-refractivity contribution is 6.07. The van der Waals surface area contributed by atoms with Crippen molar-refractivity contribution in [3.63, 3.8) is 0 Å². The van der Waals surface area contributed by atoms with E-state index in [9.17, 15) is 4.79 Å². The van der Waals surface area contributed by atoms with Gasteiger partial charge in [0.1, 0.15) is 5.82 Å². The van der Waals surface area contributed by atoms with Gasteiger partial charge >= 0.3 is 0 Å². The molecule has 3 N–H and O–H groups in total. The predicted molar refractivity (Wildman–Crippen MR) is 141 cm³/mol. The Morgan fingerprint density at radius 3 is 2.51 bits per heavy atom. The van der Waals surface area contributed by atoms with Crippen LogP contribution in [-0.4, -0.2) is 52.9 Å². The second kappa shape index (κ2) is 10.8. The van der Waals surface area contributed by atoms with Gasteiger partial charge in [0, 0.05) is 25.1 Å². The molecule has 0 unspecified atom stereocenters. The minimum atomic E-state index is -0.207. The average molecular weight is 474 g/mol. The molecule has 8 heteroatoms. The van der Waals surface area contributed by atoms with E-state index in [1.165, 1.54) is 18.4 Å². The smallest absolute Gasteiger partial charge is 0.259 e. The zero-order chi connectivity index (χ0) is 24.8. The molecule has 4 rings (SSSR count). The van der Waals surface area contributed by atoms with Gasteiger partial charge in [0.05, 0.1) is 17.8 Å². The summed E-state index contributed by atoms with van der Waals surface area (Å²) in [5, 5.41) is 9.16. The van der Waals surface area contributed by atoms with Crippen LogP contribution in [0.25, 0.3) is 0 Å². The summed E-state index contributed by atoms with van der Waals surface area (Å²) in [6.45, 7) is 7.40. The van der Waals surface area contributed by atoms with Crippen LogP contribution in [0.5, 0.6) is 0 Å². The van der Waals surface area contributed by atoms with Crippen molar-refractivity contribution < 1.29 is 4.79 Å². The summed E-state index contributed by atoms with van der Waals surface area (Å²) in [7, 11) is 3.97. The molecular formula is C27H35N7O. The average Bonchev–Trinajstić information content (AvgIpc) is 2.88. The van der Waals surface area contributed by atoms with Crippen molar-refractivity contribution in [2.75, 3.05) is 43.1 Å². The van der Waals surface area contributed by atoms with Crippen molar-refractivity contribution in [1.82, 2.24) is 19.9 Å². The lowest BCUT2D eigenvalue weighted by Gasteiger charge is -2.40. The SMILES string of the molecule is CNc1nccc(CNc2ncccc2C(=O)Nc2ccc(C(C)(C)C3CCN(C)CC3)cc2)n1. The Balaban J connectivity index is 1.41. The molecule has 1 aliphatic rings. The van der Waals surface area contributed by atoms with E-state index in [1.54, 1.807) is 31.6 Å². The maximum Gasteiger partial charge on any atom is 0.259 e. The number of nitrogens with one attached hydrogen (secondary N) is 3. The number of amides is 1. The molecule has 0 atom stereocenters. The van der Waals surface area contributed by atoms with Crippen molar-refractivity contribution in [1.29, 1.82) is 0 Å². The number of pyridine rings is 1. The fourth-order valence-electron chi connectivity index (χ4n) is 4.67. The van der Waals surface area contributed by atoms with Crippen LogP contribution in [0.2, 0.25) is 0 Å². The molecular weight excluding hydrogens is 438 g/mol. The lowest BCUT2D eigenvalue weighted by Crippen LogP contribution is -2.39. The number of carbonyl (C=O) groups is 1. The lowest BCUT2D eigenvalue weighted by molar-refractivity contribution is 0.102.